The maximum atomic E-state index is 12.8. The zero-order chi connectivity index (χ0) is 21.8. The van der Waals surface area contributed by atoms with Crippen LogP contribution in [0.5, 0.6) is 0 Å². The van der Waals surface area contributed by atoms with Crippen LogP contribution in [0.15, 0.2) is 54.9 Å². The van der Waals surface area contributed by atoms with Crippen LogP contribution in [0.4, 0.5) is 4.79 Å². The average molecular weight is 432 g/mol. The summed E-state index contributed by atoms with van der Waals surface area (Å²) in [5, 5.41) is 4.26. The molecule has 7 heteroatoms. The molecule has 2 aromatic heterocycles. The normalized spacial score (nSPS) is 17.4. The summed E-state index contributed by atoms with van der Waals surface area (Å²) in [6.45, 7) is 6.25. The third-order valence-electron chi connectivity index (χ3n) is 6.34. The van der Waals surface area contributed by atoms with E-state index in [0.29, 0.717) is 19.6 Å². The number of carbonyl (C=O) groups excluding carboxylic acids is 1. The van der Waals surface area contributed by atoms with Crippen molar-refractivity contribution in [1.82, 2.24) is 25.1 Å². The number of H-pyrrole nitrogens is 1. The minimum Gasteiger partial charge on any atom is -0.379 e. The van der Waals surface area contributed by atoms with Gasteiger partial charge in [-0.1, -0.05) is 30.3 Å². The number of pyridine rings is 1. The number of rotatable bonds is 5. The predicted octanol–water partition coefficient (Wildman–Crippen LogP) is 3.39. The number of amides is 2. The fourth-order valence-electron chi connectivity index (χ4n) is 4.49. The summed E-state index contributed by atoms with van der Waals surface area (Å²) < 4.78 is 5.45. The van der Waals surface area contributed by atoms with Crippen LogP contribution in [-0.4, -0.2) is 65.2 Å². The Hall–Kier alpha value is -3.16. The molecule has 1 saturated heterocycles. The number of urea groups is 1. The lowest BCUT2D eigenvalue weighted by molar-refractivity contribution is 0.0341. The summed E-state index contributed by atoms with van der Waals surface area (Å²) in [6.07, 6.45) is 6.81. The Kier molecular flexibility index (Phi) is 6.18. The number of nitrogens with zero attached hydrogens (tertiary/aromatic N) is 3. The van der Waals surface area contributed by atoms with Gasteiger partial charge in [0.15, 0.2) is 0 Å². The molecule has 2 N–H and O–H groups in total. The van der Waals surface area contributed by atoms with E-state index in [-0.39, 0.29) is 6.03 Å². The summed E-state index contributed by atoms with van der Waals surface area (Å²) >= 11 is 0. The second-order valence-electron chi connectivity index (χ2n) is 8.34. The minimum atomic E-state index is -0.0120. The number of hydrogen-bond acceptors (Lipinski definition) is 4. The summed E-state index contributed by atoms with van der Waals surface area (Å²) in [4.78, 5) is 24.7. The maximum Gasteiger partial charge on any atom is 0.317 e. The van der Waals surface area contributed by atoms with Gasteiger partial charge in [0.25, 0.3) is 0 Å². The zero-order valence-electron chi connectivity index (χ0n) is 18.2. The highest BCUT2D eigenvalue weighted by Gasteiger charge is 2.20. The molecule has 2 aliphatic rings. The van der Waals surface area contributed by atoms with E-state index < -0.39 is 0 Å². The zero-order valence-corrected chi connectivity index (χ0v) is 18.2. The van der Waals surface area contributed by atoms with Gasteiger partial charge < -0.3 is 19.9 Å². The number of morpholine rings is 1. The fourth-order valence-corrected chi connectivity index (χ4v) is 4.49. The smallest absolute Gasteiger partial charge is 0.317 e. The molecule has 32 heavy (non-hydrogen) atoms. The molecule has 5 rings (SSSR count). The topological polar surface area (TPSA) is 73.5 Å². The van der Waals surface area contributed by atoms with Gasteiger partial charge in [0.1, 0.15) is 5.65 Å². The Morgan fingerprint density at radius 2 is 1.94 bits per heavy atom. The second-order valence-corrected chi connectivity index (χ2v) is 8.34. The van der Waals surface area contributed by atoms with Crippen LogP contribution in [0.25, 0.3) is 16.6 Å². The molecule has 0 bridgehead atoms. The fraction of sp³-hybridized carbons (Fsp3) is 0.360. The highest BCUT2D eigenvalue weighted by molar-refractivity contribution is 5.91. The van der Waals surface area contributed by atoms with Crippen LogP contribution in [0.3, 0.4) is 0 Å². The van der Waals surface area contributed by atoms with Gasteiger partial charge in [0.05, 0.1) is 13.2 Å². The quantitative estimate of drug-likeness (QED) is 0.650. The van der Waals surface area contributed by atoms with Crippen molar-refractivity contribution in [1.29, 1.82) is 0 Å². The SMILES string of the molecule is O=C(NCc1ccccc1CN1CCOCC1)N1CC=C(c2c[nH]c3ncccc23)CC1. The molecule has 0 atom stereocenters. The molecular formula is C25H29N5O2. The predicted molar refractivity (Wildman–Crippen MR) is 125 cm³/mol. The van der Waals surface area contributed by atoms with E-state index >= 15 is 0 Å². The molecule has 2 aliphatic heterocycles. The Labute approximate surface area is 188 Å². The van der Waals surface area contributed by atoms with Crippen LogP contribution in [0.2, 0.25) is 0 Å². The molecule has 166 valence electrons. The number of hydrogen-bond donors (Lipinski definition) is 2. The third-order valence-corrected chi connectivity index (χ3v) is 6.34. The van der Waals surface area contributed by atoms with E-state index in [2.05, 4.69) is 50.5 Å². The van der Waals surface area contributed by atoms with Gasteiger partial charge in [-0.15, -0.1) is 0 Å². The minimum absolute atomic E-state index is 0.0120. The Morgan fingerprint density at radius 1 is 1.09 bits per heavy atom. The number of carbonyl (C=O) groups is 1. The van der Waals surface area contributed by atoms with Gasteiger partial charge in [0.2, 0.25) is 0 Å². The number of fused-ring (bicyclic) bond motifs is 1. The molecule has 1 fully saturated rings. The van der Waals surface area contributed by atoms with Gasteiger partial charge in [-0.2, -0.15) is 0 Å². The van der Waals surface area contributed by atoms with Gasteiger partial charge in [0, 0.05) is 62.6 Å². The van der Waals surface area contributed by atoms with Crippen molar-refractivity contribution in [3.8, 4) is 0 Å². The van der Waals surface area contributed by atoms with Crippen LogP contribution >= 0.6 is 0 Å². The molecule has 7 nitrogen and oxygen atoms in total. The van der Waals surface area contributed by atoms with Crippen LogP contribution in [0.1, 0.15) is 23.1 Å². The van der Waals surface area contributed by atoms with E-state index in [1.165, 1.54) is 22.3 Å². The lowest BCUT2D eigenvalue weighted by atomic mass is 10.00. The highest BCUT2D eigenvalue weighted by atomic mass is 16.5. The van der Waals surface area contributed by atoms with Crippen LogP contribution < -0.4 is 5.32 Å². The maximum absolute atomic E-state index is 12.8. The molecule has 3 aromatic rings. The third kappa shape index (κ3) is 4.54. The van der Waals surface area contributed by atoms with Crippen molar-refractivity contribution >= 4 is 22.6 Å². The lowest BCUT2D eigenvalue weighted by Gasteiger charge is -2.28. The van der Waals surface area contributed by atoms with Crippen molar-refractivity contribution in [2.75, 3.05) is 39.4 Å². The summed E-state index contributed by atoms with van der Waals surface area (Å²) in [7, 11) is 0. The van der Waals surface area contributed by atoms with Gasteiger partial charge in [-0.3, -0.25) is 4.90 Å². The average Bonchev–Trinajstić information content (AvgIpc) is 3.28. The number of ether oxygens (including phenoxy) is 1. The summed E-state index contributed by atoms with van der Waals surface area (Å²) in [5.74, 6) is 0. The number of benzene rings is 1. The van der Waals surface area contributed by atoms with Crippen LogP contribution in [-0.2, 0) is 17.8 Å². The molecule has 0 unspecified atom stereocenters. The molecule has 0 aliphatic carbocycles. The van der Waals surface area contributed by atoms with E-state index in [9.17, 15) is 4.79 Å². The lowest BCUT2D eigenvalue weighted by Crippen LogP contribution is -2.42. The molecule has 4 heterocycles. The molecule has 2 amide bonds. The monoisotopic (exact) mass is 431 g/mol. The van der Waals surface area contributed by atoms with E-state index in [4.69, 9.17) is 4.74 Å². The first kappa shape index (κ1) is 20.7. The highest BCUT2D eigenvalue weighted by Crippen LogP contribution is 2.28. The van der Waals surface area contributed by atoms with Crippen molar-refractivity contribution in [2.24, 2.45) is 0 Å². The molecule has 1 aromatic carbocycles. The molecule has 0 spiro atoms. The van der Waals surface area contributed by atoms with Gasteiger partial charge >= 0.3 is 6.03 Å². The van der Waals surface area contributed by atoms with Crippen molar-refractivity contribution in [3.63, 3.8) is 0 Å². The van der Waals surface area contributed by atoms with Crippen molar-refractivity contribution < 1.29 is 9.53 Å². The van der Waals surface area contributed by atoms with E-state index in [1.807, 2.05) is 23.2 Å². The van der Waals surface area contributed by atoms with Crippen LogP contribution in [0, 0.1) is 0 Å². The van der Waals surface area contributed by atoms with E-state index in [0.717, 1.165) is 50.3 Å². The standard InChI is InChI=1S/C25H29N5O2/c31-25(28-16-20-4-1-2-5-21(20)18-29-12-14-32-15-13-29)30-10-7-19(8-11-30)23-17-27-24-22(23)6-3-9-26-24/h1-7,9,17H,8,10-16,18H2,(H,26,27)(H,28,31). The largest absolute Gasteiger partial charge is 0.379 e. The number of aromatic nitrogens is 2. The summed E-state index contributed by atoms with van der Waals surface area (Å²) in [6, 6.07) is 12.4. The van der Waals surface area contributed by atoms with Crippen molar-refractivity contribution in [2.45, 2.75) is 19.5 Å². The first-order chi connectivity index (χ1) is 15.8. The van der Waals surface area contributed by atoms with Crippen molar-refractivity contribution in [3.05, 3.63) is 71.6 Å². The molecule has 0 radical (unpaired) electrons. The second kappa shape index (κ2) is 9.54. The molecule has 0 saturated carbocycles. The molecular weight excluding hydrogens is 402 g/mol. The van der Waals surface area contributed by atoms with Gasteiger partial charge in [-0.25, -0.2) is 9.78 Å². The first-order valence-electron chi connectivity index (χ1n) is 11.3. The Morgan fingerprint density at radius 3 is 2.75 bits per heavy atom. The first-order valence-corrected chi connectivity index (χ1v) is 11.3. The van der Waals surface area contributed by atoms with E-state index in [1.54, 1.807) is 6.20 Å². The Balaban J connectivity index is 1.19. The summed E-state index contributed by atoms with van der Waals surface area (Å²) in [5.41, 5.74) is 5.80. The number of nitrogens with one attached hydrogen (secondary N) is 2. The van der Waals surface area contributed by atoms with Gasteiger partial charge in [-0.05, 0) is 35.3 Å². The Bertz CT molecular complexity index is 1120. The number of aromatic amines is 1.